The fourth-order valence-electron chi connectivity index (χ4n) is 3.33. The molecular formula is C22H29N5O2. The molecule has 1 aliphatic heterocycles. The Hall–Kier alpha value is -2.96. The number of benzene rings is 1. The smallest absolute Gasteiger partial charge is 0.275 e. The molecule has 7 heteroatoms. The Morgan fingerprint density at radius 2 is 1.97 bits per heavy atom. The fourth-order valence-corrected chi connectivity index (χ4v) is 3.33. The highest BCUT2D eigenvalue weighted by atomic mass is 16.2. The topological polar surface area (TPSA) is 87.2 Å². The second kappa shape index (κ2) is 8.19. The van der Waals surface area contributed by atoms with Gasteiger partial charge in [0.1, 0.15) is 17.1 Å². The number of nitrogens with one attached hydrogen (secondary N) is 2. The molecule has 1 fully saturated rings. The van der Waals surface area contributed by atoms with Gasteiger partial charge in [-0.1, -0.05) is 43.7 Å². The second-order valence-electron chi connectivity index (χ2n) is 8.25. The van der Waals surface area contributed by atoms with E-state index in [0.717, 1.165) is 11.3 Å². The zero-order valence-electron chi connectivity index (χ0n) is 17.7. The molecule has 1 saturated heterocycles. The molecule has 2 N–H and O–H groups in total. The molecule has 154 valence electrons. The van der Waals surface area contributed by atoms with Crippen LogP contribution in [0.3, 0.4) is 0 Å². The van der Waals surface area contributed by atoms with Crippen molar-refractivity contribution < 1.29 is 9.59 Å². The Kier molecular flexibility index (Phi) is 5.86. The van der Waals surface area contributed by atoms with Gasteiger partial charge in [0.05, 0.1) is 11.9 Å². The Labute approximate surface area is 171 Å². The van der Waals surface area contributed by atoms with Crippen molar-refractivity contribution in [1.82, 2.24) is 20.2 Å². The first-order valence-corrected chi connectivity index (χ1v) is 9.96. The first-order valence-electron chi connectivity index (χ1n) is 9.96. The Morgan fingerprint density at radius 1 is 1.28 bits per heavy atom. The number of aromatic nitrogens is 2. The van der Waals surface area contributed by atoms with Gasteiger partial charge in [-0.2, -0.15) is 0 Å². The summed E-state index contributed by atoms with van der Waals surface area (Å²) in [4.78, 5) is 35.9. The van der Waals surface area contributed by atoms with E-state index in [9.17, 15) is 9.59 Å². The summed E-state index contributed by atoms with van der Waals surface area (Å²) in [6, 6.07) is 8.30. The molecule has 1 aromatic heterocycles. The van der Waals surface area contributed by atoms with Gasteiger partial charge >= 0.3 is 0 Å². The highest BCUT2D eigenvalue weighted by Gasteiger charge is 2.41. The molecule has 0 bridgehead atoms. The van der Waals surface area contributed by atoms with E-state index in [1.54, 1.807) is 18.7 Å². The maximum Gasteiger partial charge on any atom is 0.275 e. The summed E-state index contributed by atoms with van der Waals surface area (Å²) >= 11 is 0. The summed E-state index contributed by atoms with van der Waals surface area (Å²) in [5, 5.41) is 6.14. The van der Waals surface area contributed by atoms with Crippen LogP contribution in [0.2, 0.25) is 0 Å². The van der Waals surface area contributed by atoms with Crippen LogP contribution in [-0.2, 0) is 11.3 Å². The van der Waals surface area contributed by atoms with Crippen LogP contribution in [0.15, 0.2) is 30.5 Å². The van der Waals surface area contributed by atoms with E-state index in [2.05, 4.69) is 51.8 Å². The van der Waals surface area contributed by atoms with Gasteiger partial charge in [-0.05, 0) is 32.3 Å². The van der Waals surface area contributed by atoms with Crippen molar-refractivity contribution in [2.45, 2.75) is 52.6 Å². The molecule has 1 aromatic carbocycles. The molecule has 0 unspecified atom stereocenters. The number of carbonyl (C=O) groups excluding carboxylic acids is 2. The van der Waals surface area contributed by atoms with E-state index in [-0.39, 0.29) is 23.4 Å². The summed E-state index contributed by atoms with van der Waals surface area (Å²) in [7, 11) is 0. The van der Waals surface area contributed by atoms with Crippen LogP contribution in [0.1, 0.15) is 60.9 Å². The van der Waals surface area contributed by atoms with Gasteiger partial charge in [-0.15, -0.1) is 0 Å². The van der Waals surface area contributed by atoms with Gasteiger partial charge in [0, 0.05) is 19.6 Å². The van der Waals surface area contributed by atoms with Gasteiger partial charge in [0.15, 0.2) is 0 Å². The van der Waals surface area contributed by atoms with Crippen LogP contribution in [0, 0.1) is 6.92 Å². The largest absolute Gasteiger partial charge is 0.364 e. The normalized spacial score (nSPS) is 15.9. The molecule has 29 heavy (non-hydrogen) atoms. The summed E-state index contributed by atoms with van der Waals surface area (Å²) < 4.78 is 0. The number of nitrogens with zero attached hydrogens (tertiary/aromatic N) is 3. The number of hydrogen-bond donors (Lipinski definition) is 2. The van der Waals surface area contributed by atoms with Crippen molar-refractivity contribution in [1.29, 1.82) is 0 Å². The number of hydrogen-bond acceptors (Lipinski definition) is 5. The van der Waals surface area contributed by atoms with Crippen molar-refractivity contribution in [3.05, 3.63) is 53.0 Å². The fraction of sp³-hybridized carbons (Fsp3) is 0.455. The van der Waals surface area contributed by atoms with Crippen LogP contribution in [0.5, 0.6) is 0 Å². The van der Waals surface area contributed by atoms with E-state index in [0.29, 0.717) is 25.5 Å². The minimum atomic E-state index is -0.919. The average molecular weight is 396 g/mol. The molecule has 0 radical (unpaired) electrons. The molecular weight excluding hydrogens is 366 g/mol. The summed E-state index contributed by atoms with van der Waals surface area (Å²) in [6.07, 6.45) is 1.49. The highest BCUT2D eigenvalue weighted by molar-refractivity contribution is 5.98. The zero-order valence-corrected chi connectivity index (χ0v) is 17.7. The molecule has 0 atom stereocenters. The molecule has 2 amide bonds. The lowest BCUT2D eigenvalue weighted by atomic mass is 9.98. The minimum absolute atomic E-state index is 0.0911. The maximum absolute atomic E-state index is 13.1. The third-order valence-corrected chi connectivity index (χ3v) is 5.24. The van der Waals surface area contributed by atoms with E-state index in [4.69, 9.17) is 0 Å². The average Bonchev–Trinajstić information content (AvgIpc) is 2.69. The van der Waals surface area contributed by atoms with Crippen LogP contribution in [-0.4, -0.2) is 45.3 Å². The monoisotopic (exact) mass is 395 g/mol. The minimum Gasteiger partial charge on any atom is -0.364 e. The van der Waals surface area contributed by atoms with Crippen LogP contribution >= 0.6 is 0 Å². The molecule has 0 saturated carbocycles. The lowest BCUT2D eigenvalue weighted by molar-refractivity contribution is -0.133. The number of amides is 2. The van der Waals surface area contributed by atoms with Crippen molar-refractivity contribution in [3.63, 3.8) is 0 Å². The van der Waals surface area contributed by atoms with E-state index >= 15 is 0 Å². The molecule has 7 nitrogen and oxygen atoms in total. The molecule has 0 spiro atoms. The number of carbonyl (C=O) groups is 2. The van der Waals surface area contributed by atoms with Gasteiger partial charge < -0.3 is 15.5 Å². The van der Waals surface area contributed by atoms with Gasteiger partial charge in [0.2, 0.25) is 5.91 Å². The molecule has 2 heterocycles. The van der Waals surface area contributed by atoms with Crippen molar-refractivity contribution in [2.75, 3.05) is 18.4 Å². The predicted octanol–water partition coefficient (Wildman–Crippen LogP) is 2.87. The SMILES string of the molecule is Cc1ccc(CNc2ncc(C(=O)N3CCNC(=O)C3(C)C)nc2C(C)C)cc1. The Balaban J connectivity index is 1.82. The van der Waals surface area contributed by atoms with Crippen molar-refractivity contribution in [2.24, 2.45) is 0 Å². The standard InChI is InChI=1S/C22H29N5O2/c1-14(2)18-19(24-12-16-8-6-15(3)7-9-16)25-13-17(26-18)20(28)27-11-10-23-21(29)22(27,4)5/h6-9,13-14H,10-12H2,1-5H3,(H,23,29)(H,24,25). The lowest BCUT2D eigenvalue weighted by Crippen LogP contribution is -2.63. The molecule has 0 aliphatic carbocycles. The number of anilines is 1. The van der Waals surface area contributed by atoms with Crippen LogP contribution < -0.4 is 10.6 Å². The van der Waals surface area contributed by atoms with Crippen molar-refractivity contribution in [3.8, 4) is 0 Å². The molecule has 3 rings (SSSR count). The second-order valence-corrected chi connectivity index (χ2v) is 8.25. The quantitative estimate of drug-likeness (QED) is 0.813. The van der Waals surface area contributed by atoms with Crippen molar-refractivity contribution >= 4 is 17.6 Å². The summed E-state index contributed by atoms with van der Waals surface area (Å²) in [5.41, 5.74) is 2.44. The first kappa shape index (κ1) is 20.8. The lowest BCUT2D eigenvalue weighted by Gasteiger charge is -2.40. The maximum atomic E-state index is 13.1. The molecule has 2 aromatic rings. The Morgan fingerprint density at radius 3 is 2.62 bits per heavy atom. The Bertz CT molecular complexity index is 906. The third-order valence-electron chi connectivity index (χ3n) is 5.24. The van der Waals surface area contributed by atoms with Gasteiger partial charge in [-0.25, -0.2) is 9.97 Å². The van der Waals surface area contributed by atoms with Crippen LogP contribution in [0.25, 0.3) is 0 Å². The van der Waals surface area contributed by atoms with Crippen LogP contribution in [0.4, 0.5) is 5.82 Å². The third kappa shape index (κ3) is 4.39. The summed E-state index contributed by atoms with van der Waals surface area (Å²) in [5.74, 6) is 0.330. The van der Waals surface area contributed by atoms with Gasteiger partial charge in [-0.3, -0.25) is 9.59 Å². The zero-order chi connectivity index (χ0) is 21.2. The van der Waals surface area contributed by atoms with E-state index in [1.165, 1.54) is 11.8 Å². The van der Waals surface area contributed by atoms with E-state index < -0.39 is 5.54 Å². The number of piperazine rings is 1. The highest BCUT2D eigenvalue weighted by Crippen LogP contribution is 2.24. The van der Waals surface area contributed by atoms with Gasteiger partial charge in [0.25, 0.3) is 5.91 Å². The van der Waals surface area contributed by atoms with E-state index in [1.807, 2.05) is 13.8 Å². The number of rotatable bonds is 5. The molecule has 1 aliphatic rings. The number of aryl methyl sites for hydroxylation is 1. The predicted molar refractivity (Wildman–Crippen MR) is 113 cm³/mol. The first-order chi connectivity index (χ1) is 13.7. The summed E-state index contributed by atoms with van der Waals surface area (Å²) in [6.45, 7) is 11.1.